The van der Waals surface area contributed by atoms with Crippen LogP contribution in [0.2, 0.25) is 0 Å². The van der Waals surface area contributed by atoms with Crippen LogP contribution in [0.15, 0.2) is 22.7 Å². The van der Waals surface area contributed by atoms with Crippen molar-refractivity contribution in [3.8, 4) is 0 Å². The van der Waals surface area contributed by atoms with Gasteiger partial charge in [-0.2, -0.15) is 0 Å². The average Bonchev–Trinajstić information content (AvgIpc) is 2.30. The van der Waals surface area contributed by atoms with E-state index in [1.54, 1.807) is 12.1 Å². The Kier molecular flexibility index (Phi) is 5.58. The second-order valence-corrected chi connectivity index (χ2v) is 4.72. The Labute approximate surface area is 110 Å². The van der Waals surface area contributed by atoms with Crippen LogP contribution in [0.25, 0.3) is 0 Å². The Morgan fingerprint density at radius 3 is 2.65 bits per heavy atom. The molecule has 0 saturated heterocycles. The molecule has 94 valence electrons. The third-order valence-electron chi connectivity index (χ3n) is 2.66. The summed E-state index contributed by atoms with van der Waals surface area (Å²) < 4.78 is 0.807. The second kappa shape index (κ2) is 6.71. The highest BCUT2D eigenvalue weighted by Gasteiger charge is 2.18. The first-order valence-corrected chi connectivity index (χ1v) is 6.53. The molecule has 5 heteroatoms. The van der Waals surface area contributed by atoms with E-state index in [-0.39, 0.29) is 10.6 Å². The van der Waals surface area contributed by atoms with Gasteiger partial charge in [-0.05, 0) is 25.6 Å². The Morgan fingerprint density at radius 2 is 2.12 bits per heavy atom. The number of nitro groups is 1. The number of hydrogen-bond acceptors (Lipinski definition) is 3. The Hall–Kier alpha value is -0.940. The van der Waals surface area contributed by atoms with Gasteiger partial charge in [0.05, 0.1) is 10.5 Å². The molecule has 0 aliphatic carbocycles. The summed E-state index contributed by atoms with van der Waals surface area (Å²) in [5.74, 6) is 0. The Balaban J connectivity index is 2.99. The molecular weight excluding hydrogens is 284 g/mol. The van der Waals surface area contributed by atoms with Crippen LogP contribution >= 0.6 is 15.9 Å². The predicted molar refractivity (Wildman–Crippen MR) is 72.0 cm³/mol. The molecule has 0 amide bonds. The maximum Gasteiger partial charge on any atom is 0.275 e. The summed E-state index contributed by atoms with van der Waals surface area (Å²) in [6.07, 6.45) is 1.05. The molecule has 4 nitrogen and oxygen atoms in total. The fourth-order valence-electron chi connectivity index (χ4n) is 1.76. The SMILES string of the molecule is CCCN(CC)Cc1c(Br)cccc1[N+](=O)[O-]. The van der Waals surface area contributed by atoms with Crippen LogP contribution in [-0.4, -0.2) is 22.9 Å². The molecular formula is C12H17BrN2O2. The highest BCUT2D eigenvalue weighted by Crippen LogP contribution is 2.27. The standard InChI is InChI=1S/C12H17BrN2O2/c1-3-8-14(4-2)9-10-11(13)6-5-7-12(10)15(16)17/h5-7H,3-4,8-9H2,1-2H3. The van der Waals surface area contributed by atoms with Crippen LogP contribution < -0.4 is 0 Å². The number of halogens is 1. The first-order valence-electron chi connectivity index (χ1n) is 5.74. The van der Waals surface area contributed by atoms with Crippen molar-refractivity contribution < 1.29 is 4.92 Å². The van der Waals surface area contributed by atoms with Crippen molar-refractivity contribution in [1.82, 2.24) is 4.90 Å². The van der Waals surface area contributed by atoms with Crippen molar-refractivity contribution in [3.63, 3.8) is 0 Å². The van der Waals surface area contributed by atoms with Crippen LogP contribution in [-0.2, 0) is 6.54 Å². The van der Waals surface area contributed by atoms with E-state index in [2.05, 4.69) is 34.7 Å². The third kappa shape index (κ3) is 3.78. The van der Waals surface area contributed by atoms with Gasteiger partial charge < -0.3 is 0 Å². The zero-order valence-corrected chi connectivity index (χ0v) is 11.7. The number of benzene rings is 1. The van der Waals surface area contributed by atoms with Gasteiger partial charge in [-0.1, -0.05) is 35.8 Å². The highest BCUT2D eigenvalue weighted by molar-refractivity contribution is 9.10. The van der Waals surface area contributed by atoms with E-state index in [0.29, 0.717) is 6.54 Å². The van der Waals surface area contributed by atoms with Gasteiger partial charge in [0.2, 0.25) is 0 Å². The van der Waals surface area contributed by atoms with Gasteiger partial charge >= 0.3 is 0 Å². The van der Waals surface area contributed by atoms with Gasteiger partial charge in [0.1, 0.15) is 0 Å². The van der Waals surface area contributed by atoms with E-state index in [0.717, 1.165) is 29.5 Å². The molecule has 0 bridgehead atoms. The molecule has 0 spiro atoms. The molecule has 1 aromatic carbocycles. The van der Waals surface area contributed by atoms with E-state index in [1.807, 2.05) is 6.07 Å². The van der Waals surface area contributed by atoms with Crippen molar-refractivity contribution in [1.29, 1.82) is 0 Å². The minimum Gasteiger partial charge on any atom is -0.299 e. The largest absolute Gasteiger partial charge is 0.299 e. The fraction of sp³-hybridized carbons (Fsp3) is 0.500. The van der Waals surface area contributed by atoms with E-state index in [9.17, 15) is 10.1 Å². The minimum absolute atomic E-state index is 0.189. The molecule has 0 saturated carbocycles. The number of hydrogen-bond donors (Lipinski definition) is 0. The van der Waals surface area contributed by atoms with Crippen LogP contribution in [0.3, 0.4) is 0 Å². The van der Waals surface area contributed by atoms with Crippen molar-refractivity contribution in [2.45, 2.75) is 26.8 Å². The van der Waals surface area contributed by atoms with E-state index in [1.165, 1.54) is 0 Å². The summed E-state index contributed by atoms with van der Waals surface area (Å²) in [5, 5.41) is 11.0. The monoisotopic (exact) mass is 300 g/mol. The van der Waals surface area contributed by atoms with Gasteiger partial charge in [-0.15, -0.1) is 0 Å². The normalized spacial score (nSPS) is 10.8. The van der Waals surface area contributed by atoms with Crippen molar-refractivity contribution in [3.05, 3.63) is 38.3 Å². The van der Waals surface area contributed by atoms with Crippen LogP contribution in [0.1, 0.15) is 25.8 Å². The first-order chi connectivity index (χ1) is 8.10. The average molecular weight is 301 g/mol. The van der Waals surface area contributed by atoms with Crippen LogP contribution in [0, 0.1) is 10.1 Å². The molecule has 0 fully saturated rings. The first kappa shape index (κ1) is 14.1. The van der Waals surface area contributed by atoms with E-state index < -0.39 is 0 Å². The lowest BCUT2D eigenvalue weighted by atomic mass is 10.1. The summed E-state index contributed by atoms with van der Waals surface area (Å²) in [7, 11) is 0. The number of rotatable bonds is 6. The maximum absolute atomic E-state index is 11.0. The lowest BCUT2D eigenvalue weighted by Crippen LogP contribution is -2.24. The molecule has 1 aromatic rings. The molecule has 0 atom stereocenters. The Bertz CT molecular complexity index is 396. The van der Waals surface area contributed by atoms with E-state index >= 15 is 0 Å². The molecule has 17 heavy (non-hydrogen) atoms. The summed E-state index contributed by atoms with van der Waals surface area (Å²) in [5.41, 5.74) is 0.946. The lowest BCUT2D eigenvalue weighted by molar-refractivity contribution is -0.385. The van der Waals surface area contributed by atoms with Crippen LogP contribution in [0.4, 0.5) is 5.69 Å². The van der Waals surface area contributed by atoms with Crippen molar-refractivity contribution in [2.24, 2.45) is 0 Å². The zero-order valence-electron chi connectivity index (χ0n) is 10.1. The van der Waals surface area contributed by atoms with Gasteiger partial charge in [-0.3, -0.25) is 15.0 Å². The van der Waals surface area contributed by atoms with E-state index in [4.69, 9.17) is 0 Å². The topological polar surface area (TPSA) is 46.4 Å². The van der Waals surface area contributed by atoms with Crippen molar-refractivity contribution >= 4 is 21.6 Å². The number of nitrogens with zero attached hydrogens (tertiary/aromatic N) is 2. The molecule has 0 aliphatic rings. The molecule has 1 rings (SSSR count). The molecule has 0 aliphatic heterocycles. The molecule has 0 N–H and O–H groups in total. The maximum atomic E-state index is 11.0. The molecule has 0 heterocycles. The summed E-state index contributed by atoms with van der Waals surface area (Å²) in [6, 6.07) is 5.10. The molecule has 0 unspecified atom stereocenters. The smallest absolute Gasteiger partial charge is 0.275 e. The Morgan fingerprint density at radius 1 is 1.41 bits per heavy atom. The fourth-order valence-corrected chi connectivity index (χ4v) is 2.24. The van der Waals surface area contributed by atoms with Crippen LogP contribution in [0.5, 0.6) is 0 Å². The quantitative estimate of drug-likeness (QED) is 0.596. The molecule has 0 aromatic heterocycles. The summed E-state index contributed by atoms with van der Waals surface area (Å²) in [6.45, 7) is 6.64. The van der Waals surface area contributed by atoms with Gasteiger partial charge in [0.25, 0.3) is 5.69 Å². The zero-order chi connectivity index (χ0) is 12.8. The highest BCUT2D eigenvalue weighted by atomic mass is 79.9. The van der Waals surface area contributed by atoms with Gasteiger partial charge in [-0.25, -0.2) is 0 Å². The minimum atomic E-state index is -0.320. The van der Waals surface area contributed by atoms with Gasteiger partial charge in [0.15, 0.2) is 0 Å². The van der Waals surface area contributed by atoms with Gasteiger partial charge in [0, 0.05) is 17.1 Å². The molecule has 0 radical (unpaired) electrons. The predicted octanol–water partition coefficient (Wildman–Crippen LogP) is 3.59. The lowest BCUT2D eigenvalue weighted by Gasteiger charge is -2.20. The third-order valence-corrected chi connectivity index (χ3v) is 3.40. The number of nitro benzene ring substituents is 1. The van der Waals surface area contributed by atoms with Crippen molar-refractivity contribution in [2.75, 3.05) is 13.1 Å². The summed E-state index contributed by atoms with van der Waals surface area (Å²) >= 11 is 3.39. The summed E-state index contributed by atoms with van der Waals surface area (Å²) in [4.78, 5) is 12.8. The second-order valence-electron chi connectivity index (χ2n) is 3.86.